The van der Waals surface area contributed by atoms with Gasteiger partial charge in [0.2, 0.25) is 0 Å². The highest BCUT2D eigenvalue weighted by Gasteiger charge is 2.48. The van der Waals surface area contributed by atoms with Crippen molar-refractivity contribution in [1.82, 2.24) is 5.16 Å². The lowest BCUT2D eigenvalue weighted by Gasteiger charge is -2.23. The number of aliphatic hydroxyl groups is 1. The van der Waals surface area contributed by atoms with Gasteiger partial charge in [-0.3, -0.25) is 14.5 Å². The molecule has 1 saturated heterocycles. The van der Waals surface area contributed by atoms with Crippen LogP contribution in [-0.4, -0.2) is 29.1 Å². The highest BCUT2D eigenvalue weighted by atomic mass is 79.9. The average Bonchev–Trinajstić information content (AvgIpc) is 3.29. The predicted octanol–water partition coefficient (Wildman–Crippen LogP) is 4.38. The van der Waals surface area contributed by atoms with Gasteiger partial charge in [-0.05, 0) is 36.8 Å². The summed E-state index contributed by atoms with van der Waals surface area (Å²) in [6, 6.07) is 14.5. The van der Waals surface area contributed by atoms with Gasteiger partial charge >= 0.3 is 5.91 Å². The van der Waals surface area contributed by atoms with E-state index in [-0.39, 0.29) is 17.2 Å². The second-order valence-corrected chi connectivity index (χ2v) is 7.66. The molecule has 1 aromatic heterocycles. The average molecular weight is 469 g/mol. The van der Waals surface area contributed by atoms with Gasteiger partial charge in [0.25, 0.3) is 5.78 Å². The zero-order valence-corrected chi connectivity index (χ0v) is 17.7. The number of carbonyl (C=O) groups is 2. The second-order valence-electron chi connectivity index (χ2n) is 6.75. The van der Waals surface area contributed by atoms with E-state index < -0.39 is 17.7 Å². The molecule has 1 aliphatic heterocycles. The Bertz CT molecular complexity index is 1170. The van der Waals surface area contributed by atoms with E-state index in [0.29, 0.717) is 22.6 Å². The van der Waals surface area contributed by atoms with Gasteiger partial charge in [-0.2, -0.15) is 0 Å². The molecule has 1 N–H and O–H groups in total. The number of anilines is 1. The summed E-state index contributed by atoms with van der Waals surface area (Å²) in [5.74, 6) is -0.630. The molecule has 0 spiro atoms. The standard InChI is InChI=1S/C22H17BrN2O5/c1-12-10-17(24-30-12)25-19(14-4-3-5-16(11-14)29-2)18(21(27)22(25)28)20(26)13-6-8-15(23)9-7-13/h3-11,19,26H,1-2H3/b20-18+/t19-/m1/s1. The molecular weight excluding hydrogens is 452 g/mol. The maximum Gasteiger partial charge on any atom is 0.301 e. The number of amides is 1. The molecule has 2 heterocycles. The zero-order valence-electron chi connectivity index (χ0n) is 16.1. The Morgan fingerprint density at radius 2 is 1.90 bits per heavy atom. The molecule has 0 unspecified atom stereocenters. The smallest absolute Gasteiger partial charge is 0.301 e. The lowest BCUT2D eigenvalue weighted by Crippen LogP contribution is -2.29. The Kier molecular flexibility index (Phi) is 5.17. The summed E-state index contributed by atoms with van der Waals surface area (Å²) in [7, 11) is 1.53. The zero-order chi connectivity index (χ0) is 21.4. The third-order valence-electron chi connectivity index (χ3n) is 4.83. The van der Waals surface area contributed by atoms with Gasteiger partial charge in [0, 0.05) is 16.1 Å². The molecule has 152 valence electrons. The molecule has 4 rings (SSSR count). The fourth-order valence-electron chi connectivity index (χ4n) is 3.43. The number of ether oxygens (including phenoxy) is 1. The Labute approximate surface area is 180 Å². The number of rotatable bonds is 4. The topological polar surface area (TPSA) is 92.9 Å². The highest BCUT2D eigenvalue weighted by Crippen LogP contribution is 2.42. The third-order valence-corrected chi connectivity index (χ3v) is 5.36. The van der Waals surface area contributed by atoms with Gasteiger partial charge < -0.3 is 14.4 Å². The summed E-state index contributed by atoms with van der Waals surface area (Å²) in [5, 5.41) is 14.9. The molecule has 3 aromatic rings. The number of ketones is 1. The van der Waals surface area contributed by atoms with Crippen LogP contribution in [0.3, 0.4) is 0 Å². The third kappa shape index (κ3) is 3.39. The predicted molar refractivity (Wildman–Crippen MR) is 113 cm³/mol. The number of hydrogen-bond acceptors (Lipinski definition) is 6. The van der Waals surface area contributed by atoms with E-state index >= 15 is 0 Å². The monoisotopic (exact) mass is 468 g/mol. The van der Waals surface area contributed by atoms with E-state index in [9.17, 15) is 14.7 Å². The summed E-state index contributed by atoms with van der Waals surface area (Å²) in [4.78, 5) is 27.2. The minimum absolute atomic E-state index is 0.0313. The lowest BCUT2D eigenvalue weighted by atomic mass is 9.95. The summed E-state index contributed by atoms with van der Waals surface area (Å²) in [5.41, 5.74) is 0.976. The first-order valence-corrected chi connectivity index (χ1v) is 9.84. The molecular formula is C22H17BrN2O5. The number of aliphatic hydroxyl groups excluding tert-OH is 1. The Morgan fingerprint density at radius 3 is 2.53 bits per heavy atom. The van der Waals surface area contributed by atoms with Crippen LogP contribution in [0.25, 0.3) is 5.76 Å². The first-order valence-electron chi connectivity index (χ1n) is 9.05. The molecule has 7 nitrogen and oxygen atoms in total. The quantitative estimate of drug-likeness (QED) is 0.347. The summed E-state index contributed by atoms with van der Waals surface area (Å²) in [6.07, 6.45) is 0. The van der Waals surface area contributed by atoms with Crippen molar-refractivity contribution in [1.29, 1.82) is 0 Å². The molecule has 0 radical (unpaired) electrons. The van der Waals surface area contributed by atoms with Gasteiger partial charge in [-0.15, -0.1) is 0 Å². The van der Waals surface area contributed by atoms with Crippen molar-refractivity contribution in [2.75, 3.05) is 12.0 Å². The summed E-state index contributed by atoms with van der Waals surface area (Å²) >= 11 is 3.35. The molecule has 1 atom stereocenters. The van der Waals surface area contributed by atoms with Crippen molar-refractivity contribution in [3.05, 3.63) is 81.5 Å². The number of Topliss-reactive ketones (excluding diaryl/α,β-unsaturated/α-hetero) is 1. The van der Waals surface area contributed by atoms with Crippen molar-refractivity contribution in [3.8, 4) is 5.75 Å². The van der Waals surface area contributed by atoms with Crippen LogP contribution in [0.4, 0.5) is 5.82 Å². The van der Waals surface area contributed by atoms with Crippen molar-refractivity contribution < 1.29 is 24.0 Å². The van der Waals surface area contributed by atoms with E-state index in [0.717, 1.165) is 4.47 Å². The minimum atomic E-state index is -0.895. The van der Waals surface area contributed by atoms with Gasteiger partial charge in [0.05, 0.1) is 18.7 Å². The molecule has 1 aliphatic rings. The number of methoxy groups -OCH3 is 1. The van der Waals surface area contributed by atoms with E-state index in [1.807, 2.05) is 0 Å². The maximum atomic E-state index is 13.0. The maximum absolute atomic E-state index is 13.0. The molecule has 2 aromatic carbocycles. The van der Waals surface area contributed by atoms with Crippen LogP contribution in [0.1, 0.15) is 22.9 Å². The molecule has 0 saturated carbocycles. The van der Waals surface area contributed by atoms with Gasteiger partial charge in [-0.25, -0.2) is 0 Å². The normalized spacial score (nSPS) is 18.1. The van der Waals surface area contributed by atoms with Crippen LogP contribution in [-0.2, 0) is 9.59 Å². The Balaban J connectivity index is 1.95. The molecule has 0 aliphatic carbocycles. The fraction of sp³-hybridized carbons (Fsp3) is 0.136. The first kappa shape index (κ1) is 19.9. The van der Waals surface area contributed by atoms with Crippen molar-refractivity contribution in [2.24, 2.45) is 0 Å². The molecule has 8 heteroatoms. The van der Waals surface area contributed by atoms with Crippen LogP contribution in [0.2, 0.25) is 0 Å². The number of aryl methyl sites for hydroxylation is 1. The Hall–Kier alpha value is -3.39. The van der Waals surface area contributed by atoms with E-state index in [1.165, 1.54) is 12.0 Å². The van der Waals surface area contributed by atoms with Gasteiger partial charge in [0.1, 0.15) is 17.3 Å². The van der Waals surface area contributed by atoms with Crippen LogP contribution in [0.5, 0.6) is 5.75 Å². The Morgan fingerprint density at radius 1 is 1.17 bits per heavy atom. The van der Waals surface area contributed by atoms with Gasteiger partial charge in [0.15, 0.2) is 5.82 Å². The van der Waals surface area contributed by atoms with Crippen LogP contribution in [0.15, 0.2) is 69.2 Å². The van der Waals surface area contributed by atoms with Crippen LogP contribution in [0, 0.1) is 6.92 Å². The fourth-order valence-corrected chi connectivity index (χ4v) is 3.69. The SMILES string of the molecule is COc1cccc([C@@H]2/C(=C(\O)c3ccc(Br)cc3)C(=O)C(=O)N2c2cc(C)on2)c1. The molecule has 1 amide bonds. The van der Waals surface area contributed by atoms with E-state index in [1.54, 1.807) is 61.5 Å². The summed E-state index contributed by atoms with van der Waals surface area (Å²) in [6.45, 7) is 1.69. The molecule has 30 heavy (non-hydrogen) atoms. The van der Waals surface area contributed by atoms with E-state index in [2.05, 4.69) is 21.1 Å². The van der Waals surface area contributed by atoms with Crippen molar-refractivity contribution >= 4 is 39.2 Å². The van der Waals surface area contributed by atoms with E-state index in [4.69, 9.17) is 9.26 Å². The molecule has 0 bridgehead atoms. The van der Waals surface area contributed by atoms with Gasteiger partial charge in [-0.1, -0.05) is 45.4 Å². The van der Waals surface area contributed by atoms with Crippen molar-refractivity contribution in [2.45, 2.75) is 13.0 Å². The largest absolute Gasteiger partial charge is 0.507 e. The van der Waals surface area contributed by atoms with Crippen LogP contribution < -0.4 is 9.64 Å². The number of nitrogens with zero attached hydrogens (tertiary/aromatic N) is 2. The number of benzene rings is 2. The lowest BCUT2D eigenvalue weighted by molar-refractivity contribution is -0.132. The minimum Gasteiger partial charge on any atom is -0.507 e. The number of carbonyl (C=O) groups excluding carboxylic acids is 2. The first-order chi connectivity index (χ1) is 14.4. The van der Waals surface area contributed by atoms with Crippen molar-refractivity contribution in [3.63, 3.8) is 0 Å². The highest BCUT2D eigenvalue weighted by molar-refractivity contribution is 9.10. The second kappa shape index (κ2) is 7.79. The number of halogens is 1. The van der Waals surface area contributed by atoms with Crippen LogP contribution >= 0.6 is 15.9 Å². The summed E-state index contributed by atoms with van der Waals surface area (Å²) < 4.78 is 11.2. The number of aromatic nitrogens is 1. The molecule has 1 fully saturated rings. The number of hydrogen-bond donors (Lipinski definition) is 1.